The molecule has 0 bridgehead atoms. The first-order valence-corrected chi connectivity index (χ1v) is 7.28. The molecule has 1 atom stereocenters. The molecule has 0 saturated heterocycles. The van der Waals surface area contributed by atoms with Gasteiger partial charge in [-0.1, -0.05) is 0 Å². The van der Waals surface area contributed by atoms with Crippen LogP contribution in [-0.2, 0) is 4.74 Å². The van der Waals surface area contributed by atoms with Crippen molar-refractivity contribution in [3.05, 3.63) is 0 Å². The van der Waals surface area contributed by atoms with E-state index in [0.717, 1.165) is 0 Å². The first kappa shape index (κ1) is 19.7. The van der Waals surface area contributed by atoms with E-state index in [4.69, 9.17) is 29.2 Å². The van der Waals surface area contributed by atoms with Gasteiger partial charge in [0, 0.05) is 34.8 Å². The van der Waals surface area contributed by atoms with Crippen molar-refractivity contribution in [2.75, 3.05) is 34.8 Å². The van der Waals surface area contributed by atoms with E-state index in [0.29, 0.717) is 22.5 Å². The summed E-state index contributed by atoms with van der Waals surface area (Å²) >= 11 is 10.2. The molecule has 120 valence electrons. The molecule has 0 aromatic rings. The number of hydrogen-bond donors (Lipinski definition) is 2. The third-order valence-corrected chi connectivity index (χ3v) is 3.20. The normalized spacial score (nSPS) is 13.0. The summed E-state index contributed by atoms with van der Waals surface area (Å²) in [5.74, 6) is 0. The summed E-state index contributed by atoms with van der Waals surface area (Å²) in [5, 5.41) is 9.28. The van der Waals surface area contributed by atoms with Gasteiger partial charge >= 0.3 is 0 Å². The van der Waals surface area contributed by atoms with Crippen LogP contribution >= 0.6 is 24.4 Å². The van der Waals surface area contributed by atoms with Crippen LogP contribution in [0.2, 0.25) is 0 Å². The molecule has 0 radical (unpaired) electrons. The lowest BCUT2D eigenvalue weighted by Crippen LogP contribution is -2.34. The fraction of sp³-hybridized carbons (Fsp3) is 0.667. The molecule has 0 rings (SSSR count). The first-order valence-electron chi connectivity index (χ1n) is 6.46. The Balaban J connectivity index is 4.81. The van der Waals surface area contributed by atoms with Crippen LogP contribution in [0, 0.1) is 0 Å². The zero-order chi connectivity index (χ0) is 16.4. The molecule has 0 aromatic carbocycles. The second-order valence-corrected chi connectivity index (χ2v) is 5.29. The van der Waals surface area contributed by atoms with Gasteiger partial charge in [0.05, 0.1) is 6.21 Å². The van der Waals surface area contributed by atoms with Gasteiger partial charge < -0.3 is 14.5 Å². The molecule has 0 heterocycles. The number of hydrogen-bond acceptors (Lipinski definition) is 5. The van der Waals surface area contributed by atoms with Gasteiger partial charge in [-0.05, 0) is 38.3 Å². The van der Waals surface area contributed by atoms with E-state index >= 15 is 0 Å². The Morgan fingerprint density at radius 3 is 2.14 bits per heavy atom. The summed E-state index contributed by atoms with van der Waals surface area (Å²) in [7, 11) is 7.34. The molecule has 1 unspecified atom stereocenters. The molecule has 0 aromatic heterocycles. The van der Waals surface area contributed by atoms with Crippen molar-refractivity contribution in [2.24, 2.45) is 10.2 Å². The minimum absolute atomic E-state index is 0.217. The number of hydrazone groups is 2. The third-order valence-electron chi connectivity index (χ3n) is 2.28. The van der Waals surface area contributed by atoms with E-state index in [1.807, 2.05) is 42.0 Å². The Bertz CT molecular complexity index is 409. The van der Waals surface area contributed by atoms with Gasteiger partial charge in [0.2, 0.25) is 0 Å². The van der Waals surface area contributed by atoms with Crippen molar-refractivity contribution in [3.63, 3.8) is 0 Å². The van der Waals surface area contributed by atoms with Crippen LogP contribution in [0.4, 0.5) is 0 Å². The molecule has 7 nitrogen and oxygen atoms in total. The van der Waals surface area contributed by atoms with Crippen LogP contribution in [-0.4, -0.2) is 72.9 Å². The van der Waals surface area contributed by atoms with E-state index in [1.165, 1.54) is 0 Å². The highest BCUT2D eigenvalue weighted by molar-refractivity contribution is 7.80. The minimum Gasteiger partial charge on any atom is -0.372 e. The highest BCUT2D eigenvalue weighted by Gasteiger charge is 2.09. The lowest BCUT2D eigenvalue weighted by Gasteiger charge is -2.15. The minimum atomic E-state index is -0.217. The maximum Gasteiger partial charge on any atom is 0.189 e. The first-order chi connectivity index (χ1) is 9.79. The Morgan fingerprint density at radius 1 is 1.14 bits per heavy atom. The molecule has 9 heteroatoms. The number of thiocarbonyl (C=S) groups is 2. The molecule has 0 aliphatic rings. The summed E-state index contributed by atoms with van der Waals surface area (Å²) < 4.78 is 5.51. The summed E-state index contributed by atoms with van der Waals surface area (Å²) in [5.41, 5.74) is 6.13. The number of nitrogens with one attached hydrogen (secondary N) is 2. The Kier molecular flexibility index (Phi) is 9.76. The standard InChI is InChI=1S/C12H24N6OS2/c1-7-19-9(2)10(14-16-12(21)18(5)6)8-13-15-11(20)17(3)4/h8-9H,7H2,1-6H3,(H,15,20)(H,16,21)/b13-8+,14-10-. The van der Waals surface area contributed by atoms with Crippen molar-refractivity contribution in [3.8, 4) is 0 Å². The fourth-order valence-electron chi connectivity index (χ4n) is 1.03. The van der Waals surface area contributed by atoms with Gasteiger partial charge in [-0.15, -0.1) is 0 Å². The number of rotatable bonds is 6. The van der Waals surface area contributed by atoms with Gasteiger partial charge in [0.25, 0.3) is 0 Å². The fourth-order valence-corrected chi connectivity index (χ4v) is 1.12. The molecule has 21 heavy (non-hydrogen) atoms. The van der Waals surface area contributed by atoms with Crippen molar-refractivity contribution < 1.29 is 4.74 Å². The van der Waals surface area contributed by atoms with E-state index in [9.17, 15) is 0 Å². The summed E-state index contributed by atoms with van der Waals surface area (Å²) in [6.07, 6.45) is 1.34. The second-order valence-electron chi connectivity index (χ2n) is 4.52. The lowest BCUT2D eigenvalue weighted by molar-refractivity contribution is 0.123. The molecule has 0 saturated carbocycles. The SMILES string of the molecule is CCOC(C)C(/C=N/NC(=S)N(C)C)=N\NC(=S)N(C)C. The maximum absolute atomic E-state index is 5.51. The summed E-state index contributed by atoms with van der Waals surface area (Å²) in [6.45, 7) is 4.39. The molecule has 0 aliphatic heterocycles. The zero-order valence-corrected chi connectivity index (χ0v) is 15.0. The average Bonchev–Trinajstić information content (AvgIpc) is 2.41. The predicted octanol–water partition coefficient (Wildman–Crippen LogP) is 0.625. The third kappa shape index (κ3) is 8.53. The molecule has 0 aliphatic carbocycles. The van der Waals surface area contributed by atoms with Crippen LogP contribution in [0.1, 0.15) is 13.8 Å². The van der Waals surface area contributed by atoms with Gasteiger partial charge in [-0.2, -0.15) is 10.2 Å². The second kappa shape index (κ2) is 10.4. The molecular weight excluding hydrogens is 308 g/mol. The van der Waals surface area contributed by atoms with Crippen LogP contribution in [0.5, 0.6) is 0 Å². The topological polar surface area (TPSA) is 64.5 Å². The molecular formula is C12H24N6OS2. The van der Waals surface area contributed by atoms with Crippen molar-refractivity contribution in [1.29, 1.82) is 0 Å². The van der Waals surface area contributed by atoms with Crippen molar-refractivity contribution in [2.45, 2.75) is 20.0 Å². The van der Waals surface area contributed by atoms with E-state index in [2.05, 4.69) is 21.1 Å². The monoisotopic (exact) mass is 332 g/mol. The van der Waals surface area contributed by atoms with Crippen LogP contribution in [0.15, 0.2) is 10.2 Å². The zero-order valence-electron chi connectivity index (χ0n) is 13.4. The van der Waals surface area contributed by atoms with Crippen LogP contribution < -0.4 is 10.9 Å². The van der Waals surface area contributed by atoms with Crippen LogP contribution in [0.3, 0.4) is 0 Å². The summed E-state index contributed by atoms with van der Waals surface area (Å²) in [6, 6.07) is 0. The molecule has 0 spiro atoms. The number of ether oxygens (including phenoxy) is 1. The quantitative estimate of drug-likeness (QED) is 0.420. The van der Waals surface area contributed by atoms with Crippen molar-refractivity contribution in [1.82, 2.24) is 20.7 Å². The predicted molar refractivity (Wildman–Crippen MR) is 95.9 cm³/mol. The smallest absolute Gasteiger partial charge is 0.189 e. The Hall–Kier alpha value is -1.32. The molecule has 0 fully saturated rings. The van der Waals surface area contributed by atoms with E-state index in [-0.39, 0.29) is 6.10 Å². The Labute approximate surface area is 137 Å². The van der Waals surface area contributed by atoms with Gasteiger partial charge in [0.15, 0.2) is 10.2 Å². The summed E-state index contributed by atoms with van der Waals surface area (Å²) in [4.78, 5) is 3.49. The lowest BCUT2D eigenvalue weighted by atomic mass is 10.2. The Morgan fingerprint density at radius 2 is 1.67 bits per heavy atom. The molecule has 0 amide bonds. The van der Waals surface area contributed by atoms with Crippen molar-refractivity contribution >= 4 is 46.6 Å². The van der Waals surface area contributed by atoms with E-state index in [1.54, 1.807) is 16.0 Å². The van der Waals surface area contributed by atoms with Gasteiger partial charge in [0.1, 0.15) is 11.8 Å². The van der Waals surface area contributed by atoms with Crippen LogP contribution in [0.25, 0.3) is 0 Å². The van der Waals surface area contributed by atoms with Gasteiger partial charge in [-0.25, -0.2) is 0 Å². The largest absolute Gasteiger partial charge is 0.372 e. The molecule has 2 N–H and O–H groups in total. The number of nitrogens with zero attached hydrogens (tertiary/aromatic N) is 4. The average molecular weight is 332 g/mol. The highest BCUT2D eigenvalue weighted by atomic mass is 32.1. The van der Waals surface area contributed by atoms with Gasteiger partial charge in [-0.3, -0.25) is 10.9 Å². The highest BCUT2D eigenvalue weighted by Crippen LogP contribution is 1.94. The maximum atomic E-state index is 5.51. The van der Waals surface area contributed by atoms with E-state index < -0.39 is 0 Å².